The van der Waals surface area contributed by atoms with Crippen molar-refractivity contribution in [2.75, 3.05) is 20.3 Å². The standard InChI is InChI=1S/C14H20N2O3S/c1-10-15-12(9-20-10)13(17)16(2)11-3-5-14(6-4-11)18-7-8-19-14/h9,11H,3-8H2,1-2H3. The summed E-state index contributed by atoms with van der Waals surface area (Å²) in [5.41, 5.74) is 0.559. The highest BCUT2D eigenvalue weighted by molar-refractivity contribution is 7.09. The summed E-state index contributed by atoms with van der Waals surface area (Å²) in [7, 11) is 1.87. The molecule has 1 aromatic rings. The summed E-state index contributed by atoms with van der Waals surface area (Å²) in [6.07, 6.45) is 3.58. The van der Waals surface area contributed by atoms with Gasteiger partial charge in [0.1, 0.15) is 5.69 Å². The zero-order valence-corrected chi connectivity index (χ0v) is 12.7. The Balaban J connectivity index is 1.61. The van der Waals surface area contributed by atoms with Gasteiger partial charge in [0, 0.05) is 31.3 Å². The molecule has 1 aliphatic carbocycles. The van der Waals surface area contributed by atoms with Crippen LogP contribution in [0.15, 0.2) is 5.38 Å². The first-order valence-corrected chi connectivity index (χ1v) is 7.95. The quantitative estimate of drug-likeness (QED) is 0.839. The lowest BCUT2D eigenvalue weighted by molar-refractivity contribution is -0.182. The minimum atomic E-state index is -0.363. The maximum absolute atomic E-state index is 12.4. The second-order valence-electron chi connectivity index (χ2n) is 5.51. The van der Waals surface area contributed by atoms with Crippen LogP contribution in [0.25, 0.3) is 0 Å². The van der Waals surface area contributed by atoms with Crippen LogP contribution in [0.4, 0.5) is 0 Å². The van der Waals surface area contributed by atoms with Crippen LogP contribution in [-0.4, -0.2) is 47.9 Å². The van der Waals surface area contributed by atoms with Gasteiger partial charge in [-0.05, 0) is 19.8 Å². The van der Waals surface area contributed by atoms with Crippen LogP contribution in [0, 0.1) is 6.92 Å². The lowest BCUT2D eigenvalue weighted by atomic mass is 9.89. The van der Waals surface area contributed by atoms with E-state index in [2.05, 4.69) is 4.98 Å². The molecular formula is C14H20N2O3S. The number of aryl methyl sites for hydroxylation is 1. The fourth-order valence-electron chi connectivity index (χ4n) is 3.02. The van der Waals surface area contributed by atoms with E-state index in [0.29, 0.717) is 18.9 Å². The summed E-state index contributed by atoms with van der Waals surface area (Å²) < 4.78 is 11.4. The molecule has 1 saturated heterocycles. The number of carbonyl (C=O) groups is 1. The second kappa shape index (κ2) is 5.42. The molecule has 20 heavy (non-hydrogen) atoms. The number of nitrogens with zero attached hydrogens (tertiary/aromatic N) is 2. The number of hydrogen-bond donors (Lipinski definition) is 0. The normalized spacial score (nSPS) is 22.3. The summed E-state index contributed by atoms with van der Waals surface area (Å²) in [6, 6.07) is 0.253. The van der Waals surface area contributed by atoms with Gasteiger partial charge in [0.2, 0.25) is 0 Å². The number of hydrogen-bond acceptors (Lipinski definition) is 5. The van der Waals surface area contributed by atoms with Crippen molar-refractivity contribution < 1.29 is 14.3 Å². The smallest absolute Gasteiger partial charge is 0.273 e. The van der Waals surface area contributed by atoms with E-state index in [9.17, 15) is 4.79 Å². The highest BCUT2D eigenvalue weighted by Gasteiger charge is 2.41. The van der Waals surface area contributed by atoms with Crippen molar-refractivity contribution in [1.82, 2.24) is 9.88 Å². The number of aromatic nitrogens is 1. The first-order valence-electron chi connectivity index (χ1n) is 7.07. The van der Waals surface area contributed by atoms with Crippen LogP contribution in [0.1, 0.15) is 41.2 Å². The van der Waals surface area contributed by atoms with Crippen molar-refractivity contribution >= 4 is 17.2 Å². The highest BCUT2D eigenvalue weighted by Crippen LogP contribution is 2.37. The molecule has 2 heterocycles. The molecular weight excluding hydrogens is 276 g/mol. The minimum absolute atomic E-state index is 0.0172. The predicted octanol–water partition coefficient (Wildman–Crippen LogP) is 2.21. The van der Waals surface area contributed by atoms with Crippen molar-refractivity contribution in [3.63, 3.8) is 0 Å². The van der Waals surface area contributed by atoms with Crippen LogP contribution >= 0.6 is 11.3 Å². The predicted molar refractivity (Wildman–Crippen MR) is 75.8 cm³/mol. The molecule has 0 radical (unpaired) electrons. The molecule has 0 atom stereocenters. The summed E-state index contributed by atoms with van der Waals surface area (Å²) in [6.45, 7) is 3.30. The third-order valence-corrected chi connectivity index (χ3v) is 5.01. The van der Waals surface area contributed by atoms with Gasteiger partial charge in [-0.2, -0.15) is 0 Å². The molecule has 6 heteroatoms. The zero-order valence-electron chi connectivity index (χ0n) is 11.9. The van der Waals surface area contributed by atoms with Crippen LogP contribution in [-0.2, 0) is 9.47 Å². The molecule has 1 spiro atoms. The summed E-state index contributed by atoms with van der Waals surface area (Å²) in [5.74, 6) is -0.346. The third-order valence-electron chi connectivity index (χ3n) is 4.24. The molecule has 1 aromatic heterocycles. The van der Waals surface area contributed by atoms with Crippen LogP contribution in [0.2, 0.25) is 0 Å². The van der Waals surface area contributed by atoms with Gasteiger partial charge in [-0.15, -0.1) is 11.3 Å². The van der Waals surface area contributed by atoms with Crippen molar-refractivity contribution in [2.45, 2.75) is 44.4 Å². The molecule has 1 aliphatic heterocycles. The maximum Gasteiger partial charge on any atom is 0.273 e. The number of amides is 1. The van der Waals surface area contributed by atoms with Crippen LogP contribution in [0.3, 0.4) is 0 Å². The largest absolute Gasteiger partial charge is 0.348 e. The molecule has 3 rings (SSSR count). The van der Waals surface area contributed by atoms with Gasteiger partial charge in [0.05, 0.1) is 18.2 Å². The van der Waals surface area contributed by atoms with E-state index in [1.54, 1.807) is 0 Å². The van der Waals surface area contributed by atoms with Gasteiger partial charge < -0.3 is 14.4 Å². The molecule has 2 fully saturated rings. The Morgan fingerprint density at radius 2 is 2.05 bits per heavy atom. The monoisotopic (exact) mass is 296 g/mol. The summed E-state index contributed by atoms with van der Waals surface area (Å²) in [4.78, 5) is 18.5. The summed E-state index contributed by atoms with van der Waals surface area (Å²) in [5, 5.41) is 2.76. The molecule has 0 bridgehead atoms. The van der Waals surface area contributed by atoms with Crippen molar-refractivity contribution in [2.24, 2.45) is 0 Å². The fraction of sp³-hybridized carbons (Fsp3) is 0.714. The number of carbonyl (C=O) groups excluding carboxylic acids is 1. The Kier molecular flexibility index (Phi) is 3.79. The highest BCUT2D eigenvalue weighted by atomic mass is 32.1. The molecule has 5 nitrogen and oxygen atoms in total. The number of ether oxygens (including phenoxy) is 2. The Hall–Kier alpha value is -0.980. The van der Waals surface area contributed by atoms with Crippen molar-refractivity contribution in [3.05, 3.63) is 16.1 Å². The number of rotatable bonds is 2. The first kappa shape index (κ1) is 14.0. The van der Waals surface area contributed by atoms with E-state index >= 15 is 0 Å². The van der Waals surface area contributed by atoms with E-state index in [-0.39, 0.29) is 17.7 Å². The second-order valence-corrected chi connectivity index (χ2v) is 6.57. The van der Waals surface area contributed by atoms with Gasteiger partial charge in [-0.1, -0.05) is 0 Å². The SMILES string of the molecule is Cc1nc(C(=O)N(C)C2CCC3(CC2)OCCO3)cs1. The molecule has 0 unspecified atom stereocenters. The molecule has 1 saturated carbocycles. The van der Waals surface area contributed by atoms with Crippen molar-refractivity contribution in [1.29, 1.82) is 0 Å². The van der Waals surface area contributed by atoms with E-state index in [1.807, 2.05) is 24.3 Å². The summed E-state index contributed by atoms with van der Waals surface area (Å²) >= 11 is 1.51. The van der Waals surface area contributed by atoms with Crippen molar-refractivity contribution in [3.8, 4) is 0 Å². The zero-order chi connectivity index (χ0) is 14.2. The first-order chi connectivity index (χ1) is 9.60. The van der Waals surface area contributed by atoms with E-state index in [0.717, 1.165) is 30.7 Å². The molecule has 0 aromatic carbocycles. The Morgan fingerprint density at radius 3 is 2.60 bits per heavy atom. The van der Waals surface area contributed by atoms with E-state index in [4.69, 9.17) is 9.47 Å². The Bertz CT molecular complexity index is 486. The van der Waals surface area contributed by atoms with Crippen LogP contribution in [0.5, 0.6) is 0 Å². The average molecular weight is 296 g/mol. The Morgan fingerprint density at radius 1 is 1.40 bits per heavy atom. The molecule has 0 N–H and O–H groups in total. The minimum Gasteiger partial charge on any atom is -0.348 e. The van der Waals surface area contributed by atoms with E-state index in [1.165, 1.54) is 11.3 Å². The van der Waals surface area contributed by atoms with Gasteiger partial charge >= 0.3 is 0 Å². The maximum atomic E-state index is 12.4. The Labute approximate surface area is 122 Å². The van der Waals surface area contributed by atoms with E-state index < -0.39 is 0 Å². The molecule has 2 aliphatic rings. The molecule has 1 amide bonds. The van der Waals surface area contributed by atoms with Gasteiger partial charge in [-0.3, -0.25) is 4.79 Å². The topological polar surface area (TPSA) is 51.7 Å². The lowest BCUT2D eigenvalue weighted by Crippen LogP contribution is -2.45. The fourth-order valence-corrected chi connectivity index (χ4v) is 3.61. The average Bonchev–Trinajstić information content (AvgIpc) is 3.08. The lowest BCUT2D eigenvalue weighted by Gasteiger charge is -2.38. The van der Waals surface area contributed by atoms with Crippen LogP contribution < -0.4 is 0 Å². The van der Waals surface area contributed by atoms with Gasteiger partial charge in [-0.25, -0.2) is 4.98 Å². The third kappa shape index (κ3) is 2.60. The van der Waals surface area contributed by atoms with Gasteiger partial charge in [0.25, 0.3) is 5.91 Å². The van der Waals surface area contributed by atoms with Gasteiger partial charge in [0.15, 0.2) is 5.79 Å². The molecule has 110 valence electrons. The number of thiazole rings is 1.